The van der Waals surface area contributed by atoms with Crippen LogP contribution in [0.3, 0.4) is 0 Å². The van der Waals surface area contributed by atoms with Gasteiger partial charge in [0.1, 0.15) is 12.8 Å². The summed E-state index contributed by atoms with van der Waals surface area (Å²) in [5.74, 6) is 0.0656. The number of thiocarbonyl (C=S) groups is 1. The lowest BCUT2D eigenvalue weighted by atomic mass is 9.84. The zero-order valence-electron chi connectivity index (χ0n) is 12.4. The average molecular weight is 316 g/mol. The van der Waals surface area contributed by atoms with E-state index in [9.17, 15) is 9.90 Å². The predicted octanol–water partition coefficient (Wildman–Crippen LogP) is 0.761. The van der Waals surface area contributed by atoms with Gasteiger partial charge in [0.15, 0.2) is 6.04 Å². The molecule has 0 bridgehead atoms. The van der Waals surface area contributed by atoms with E-state index in [4.69, 9.17) is 27.4 Å². The Morgan fingerprint density at radius 2 is 2.19 bits per heavy atom. The van der Waals surface area contributed by atoms with E-state index in [0.29, 0.717) is 5.92 Å². The molecule has 0 aromatic heterocycles. The van der Waals surface area contributed by atoms with Gasteiger partial charge in [0.05, 0.1) is 7.11 Å². The van der Waals surface area contributed by atoms with Crippen LogP contribution in [0, 0.1) is 5.92 Å². The molecule has 0 amide bonds. The number of nitrogens with two attached hydrogens (primary N) is 1. The van der Waals surface area contributed by atoms with E-state index in [1.807, 2.05) is 0 Å². The summed E-state index contributed by atoms with van der Waals surface area (Å²) in [5.41, 5.74) is 6.13. The third-order valence-electron chi connectivity index (χ3n) is 4.38. The van der Waals surface area contributed by atoms with Crippen LogP contribution in [0.25, 0.3) is 0 Å². The highest BCUT2D eigenvalue weighted by Crippen LogP contribution is 2.28. The van der Waals surface area contributed by atoms with Crippen molar-refractivity contribution in [1.82, 2.24) is 4.90 Å². The van der Waals surface area contributed by atoms with Gasteiger partial charge in [-0.05, 0) is 24.6 Å². The summed E-state index contributed by atoms with van der Waals surface area (Å²) in [6.07, 6.45) is 5.75. The van der Waals surface area contributed by atoms with Crippen LogP contribution < -0.4 is 5.73 Å². The third kappa shape index (κ3) is 3.84. The summed E-state index contributed by atoms with van der Waals surface area (Å²) in [4.78, 5) is 13.1. The molecule has 3 atom stereocenters. The molecule has 1 saturated heterocycles. The molecule has 0 radical (unpaired) electrons. The maximum absolute atomic E-state index is 11.7. The van der Waals surface area contributed by atoms with Crippen molar-refractivity contribution in [3.63, 3.8) is 0 Å². The van der Waals surface area contributed by atoms with Gasteiger partial charge in [-0.15, -0.1) is 0 Å². The van der Waals surface area contributed by atoms with Crippen LogP contribution in [0.4, 0.5) is 0 Å². The minimum Gasteiger partial charge on any atom is -0.468 e. The fraction of sp³-hybridized carbons (Fsp3) is 0.857. The van der Waals surface area contributed by atoms with Gasteiger partial charge in [-0.1, -0.05) is 32.1 Å². The largest absolute Gasteiger partial charge is 0.468 e. The molecular weight excluding hydrogens is 292 g/mol. The molecule has 0 aromatic carbocycles. The van der Waals surface area contributed by atoms with Gasteiger partial charge < -0.3 is 20.3 Å². The molecule has 0 spiro atoms. The number of aliphatic hydroxyl groups excluding tert-OH is 1. The minimum atomic E-state index is -1.02. The molecule has 6 nitrogen and oxygen atoms in total. The van der Waals surface area contributed by atoms with Gasteiger partial charge in [-0.25, -0.2) is 4.79 Å². The predicted molar refractivity (Wildman–Crippen MR) is 81.4 cm³/mol. The van der Waals surface area contributed by atoms with Crippen molar-refractivity contribution in [3.8, 4) is 0 Å². The van der Waals surface area contributed by atoms with Gasteiger partial charge >= 0.3 is 5.97 Å². The first kappa shape index (κ1) is 16.5. The smallest absolute Gasteiger partial charge is 0.332 e. The second kappa shape index (κ2) is 7.38. The number of esters is 1. The Kier molecular flexibility index (Phi) is 5.78. The van der Waals surface area contributed by atoms with Gasteiger partial charge in [-0.3, -0.25) is 4.90 Å². The van der Waals surface area contributed by atoms with E-state index >= 15 is 0 Å². The normalized spacial score (nSPS) is 26.3. The summed E-state index contributed by atoms with van der Waals surface area (Å²) in [7, 11) is 1.30. The van der Waals surface area contributed by atoms with E-state index in [1.54, 1.807) is 0 Å². The SMILES string of the molecule is COC(=O)[C@@H]1COC(=S)N1[C@H](O)[C@@H](N)CC1CCCCC1. The highest BCUT2D eigenvalue weighted by Gasteiger charge is 2.42. The second-order valence-electron chi connectivity index (χ2n) is 5.84. The van der Waals surface area contributed by atoms with Crippen molar-refractivity contribution in [2.75, 3.05) is 13.7 Å². The maximum Gasteiger partial charge on any atom is 0.332 e. The quantitative estimate of drug-likeness (QED) is 0.572. The molecule has 0 aromatic rings. The molecule has 3 N–H and O–H groups in total. The van der Waals surface area contributed by atoms with Crippen LogP contribution in [0.2, 0.25) is 0 Å². The van der Waals surface area contributed by atoms with Crippen LogP contribution in [0.1, 0.15) is 38.5 Å². The Morgan fingerprint density at radius 3 is 2.81 bits per heavy atom. The Hall–Kier alpha value is -0.920. The maximum atomic E-state index is 11.7. The van der Waals surface area contributed by atoms with Crippen molar-refractivity contribution < 1.29 is 19.4 Å². The monoisotopic (exact) mass is 316 g/mol. The number of ether oxygens (including phenoxy) is 2. The topological polar surface area (TPSA) is 85.0 Å². The number of carbonyl (C=O) groups is 1. The molecule has 1 aliphatic carbocycles. The van der Waals surface area contributed by atoms with E-state index in [1.165, 1.54) is 31.3 Å². The molecule has 1 aliphatic heterocycles. The molecular formula is C14H24N2O4S. The fourth-order valence-corrected chi connectivity index (χ4v) is 3.48. The summed E-state index contributed by atoms with van der Waals surface area (Å²) in [6, 6.07) is -1.17. The average Bonchev–Trinajstić information content (AvgIpc) is 2.88. The Balaban J connectivity index is 1.97. The van der Waals surface area contributed by atoms with E-state index < -0.39 is 24.3 Å². The Bertz CT molecular complexity index is 387. The number of nitrogens with zero attached hydrogens (tertiary/aromatic N) is 1. The Labute approximate surface area is 130 Å². The van der Waals surface area contributed by atoms with Crippen molar-refractivity contribution in [3.05, 3.63) is 0 Å². The molecule has 0 unspecified atom stereocenters. The zero-order chi connectivity index (χ0) is 15.4. The van der Waals surface area contributed by atoms with Gasteiger partial charge in [0.2, 0.25) is 0 Å². The highest BCUT2D eigenvalue weighted by molar-refractivity contribution is 7.80. The number of aliphatic hydroxyl groups is 1. The van der Waals surface area contributed by atoms with Crippen molar-refractivity contribution in [2.45, 2.75) is 56.8 Å². The molecule has 1 saturated carbocycles. The summed E-state index contributed by atoms with van der Waals surface area (Å²) >= 11 is 5.06. The molecule has 120 valence electrons. The summed E-state index contributed by atoms with van der Waals surface area (Å²) in [5, 5.41) is 10.6. The van der Waals surface area contributed by atoms with Gasteiger partial charge in [0.25, 0.3) is 5.17 Å². The number of hydrogen-bond acceptors (Lipinski definition) is 6. The van der Waals surface area contributed by atoms with Crippen molar-refractivity contribution >= 4 is 23.4 Å². The first-order valence-corrected chi connectivity index (χ1v) is 7.92. The van der Waals surface area contributed by atoms with Crippen LogP contribution in [-0.4, -0.2) is 53.2 Å². The number of carbonyl (C=O) groups excluding carboxylic acids is 1. The zero-order valence-corrected chi connectivity index (χ0v) is 13.2. The number of rotatable bonds is 5. The van der Waals surface area contributed by atoms with E-state index in [0.717, 1.165) is 19.3 Å². The highest BCUT2D eigenvalue weighted by atomic mass is 32.1. The summed E-state index contributed by atoms with van der Waals surface area (Å²) < 4.78 is 9.92. The van der Waals surface area contributed by atoms with Crippen LogP contribution in [0.5, 0.6) is 0 Å². The lowest BCUT2D eigenvalue weighted by molar-refractivity contribution is -0.148. The molecule has 7 heteroatoms. The van der Waals surface area contributed by atoms with Crippen LogP contribution >= 0.6 is 12.2 Å². The summed E-state index contributed by atoms with van der Waals surface area (Å²) in [6.45, 7) is 0.0959. The van der Waals surface area contributed by atoms with Gasteiger partial charge in [-0.2, -0.15) is 0 Å². The van der Waals surface area contributed by atoms with E-state index in [2.05, 4.69) is 0 Å². The molecule has 2 aliphatic rings. The van der Waals surface area contributed by atoms with Crippen molar-refractivity contribution in [2.24, 2.45) is 11.7 Å². The standard InChI is InChI=1S/C14H24N2O4S/c1-19-13(18)11-8-20-14(21)16(11)12(17)10(15)7-9-5-3-2-4-6-9/h9-12,17H,2-8,15H2,1H3/t10-,11-,12+/m0/s1. The molecule has 1 heterocycles. The fourth-order valence-electron chi connectivity index (χ4n) is 3.18. The number of methoxy groups -OCH3 is 1. The first-order valence-electron chi connectivity index (χ1n) is 7.51. The van der Waals surface area contributed by atoms with E-state index in [-0.39, 0.29) is 11.8 Å². The molecule has 2 rings (SSSR count). The first-order chi connectivity index (χ1) is 10.0. The minimum absolute atomic E-state index is 0.0959. The van der Waals surface area contributed by atoms with Crippen LogP contribution in [-0.2, 0) is 14.3 Å². The second-order valence-corrected chi connectivity index (χ2v) is 6.19. The lowest BCUT2D eigenvalue weighted by Gasteiger charge is -2.33. The molecule has 2 fully saturated rings. The lowest BCUT2D eigenvalue weighted by Crippen LogP contribution is -2.54. The Morgan fingerprint density at radius 1 is 1.52 bits per heavy atom. The number of hydrogen-bond donors (Lipinski definition) is 2. The van der Waals surface area contributed by atoms with Gasteiger partial charge in [0, 0.05) is 6.04 Å². The molecule has 21 heavy (non-hydrogen) atoms. The third-order valence-corrected chi connectivity index (χ3v) is 4.71. The van der Waals surface area contributed by atoms with Crippen LogP contribution in [0.15, 0.2) is 0 Å². The van der Waals surface area contributed by atoms with Crippen molar-refractivity contribution in [1.29, 1.82) is 0 Å².